The summed E-state index contributed by atoms with van der Waals surface area (Å²) < 4.78 is 0.129. The minimum absolute atomic E-state index is 0.0618. The summed E-state index contributed by atoms with van der Waals surface area (Å²) in [6.07, 6.45) is 1.89. The summed E-state index contributed by atoms with van der Waals surface area (Å²) in [5.74, 6) is -0.288. The lowest BCUT2D eigenvalue weighted by molar-refractivity contribution is -0.121. The van der Waals surface area contributed by atoms with Gasteiger partial charge in [-0.05, 0) is 24.6 Å². The van der Waals surface area contributed by atoms with Gasteiger partial charge >= 0.3 is 0 Å². The summed E-state index contributed by atoms with van der Waals surface area (Å²) >= 11 is 17.5. The van der Waals surface area contributed by atoms with Crippen molar-refractivity contribution in [1.29, 1.82) is 0 Å². The van der Waals surface area contributed by atoms with E-state index in [4.69, 9.17) is 34.8 Å². The summed E-state index contributed by atoms with van der Waals surface area (Å²) in [5, 5.41) is 3.34. The van der Waals surface area contributed by atoms with Crippen LogP contribution in [0.25, 0.3) is 0 Å². The number of carbonyl (C=O) groups excluding carboxylic acids is 1. The van der Waals surface area contributed by atoms with Gasteiger partial charge in [0.1, 0.15) is 4.49 Å². The lowest BCUT2D eigenvalue weighted by atomic mass is 9.95. The molecular weight excluding hydrogens is 293 g/mol. The molecule has 5 heteroatoms. The highest BCUT2D eigenvalue weighted by Crippen LogP contribution is 2.30. The third kappa shape index (κ3) is 4.89. The first-order valence-electron chi connectivity index (χ1n) is 5.58. The SMILES string of the molecule is CCNC(=O)C[C@H](C=C(Cl)Cl)c1ccccc1Cl. The van der Waals surface area contributed by atoms with Gasteiger partial charge in [-0.1, -0.05) is 53.0 Å². The van der Waals surface area contributed by atoms with Crippen LogP contribution in [0.3, 0.4) is 0 Å². The quantitative estimate of drug-likeness (QED) is 0.865. The number of nitrogens with one attached hydrogen (secondary N) is 1. The highest BCUT2D eigenvalue weighted by Gasteiger charge is 2.16. The van der Waals surface area contributed by atoms with E-state index in [-0.39, 0.29) is 22.7 Å². The van der Waals surface area contributed by atoms with Crippen molar-refractivity contribution in [3.63, 3.8) is 0 Å². The normalized spacial score (nSPS) is 11.8. The maximum Gasteiger partial charge on any atom is 0.220 e. The molecule has 2 nitrogen and oxygen atoms in total. The molecule has 0 unspecified atom stereocenters. The van der Waals surface area contributed by atoms with Gasteiger partial charge in [0.15, 0.2) is 0 Å². The van der Waals surface area contributed by atoms with Crippen LogP contribution < -0.4 is 5.32 Å². The van der Waals surface area contributed by atoms with E-state index in [1.54, 1.807) is 12.1 Å². The molecule has 1 atom stereocenters. The molecule has 1 rings (SSSR count). The Morgan fingerprint density at radius 1 is 1.39 bits per heavy atom. The predicted molar refractivity (Wildman–Crippen MR) is 77.3 cm³/mol. The van der Waals surface area contributed by atoms with Crippen molar-refractivity contribution in [1.82, 2.24) is 5.32 Å². The first kappa shape index (κ1) is 15.4. The average molecular weight is 307 g/mol. The van der Waals surface area contributed by atoms with Crippen molar-refractivity contribution in [3.05, 3.63) is 45.4 Å². The standard InChI is InChI=1S/C13H14Cl3NO/c1-2-17-13(18)8-9(7-12(15)16)10-5-3-4-6-11(10)14/h3-7,9H,2,8H2,1H3,(H,17,18)/t9-/m0/s1. The Hall–Kier alpha value is -0.700. The number of hydrogen-bond acceptors (Lipinski definition) is 1. The van der Waals surface area contributed by atoms with Gasteiger partial charge in [0.25, 0.3) is 0 Å². The van der Waals surface area contributed by atoms with E-state index in [1.807, 2.05) is 25.1 Å². The van der Waals surface area contributed by atoms with Crippen molar-refractivity contribution in [2.24, 2.45) is 0 Å². The van der Waals surface area contributed by atoms with E-state index in [2.05, 4.69) is 5.32 Å². The van der Waals surface area contributed by atoms with Crippen LogP contribution >= 0.6 is 34.8 Å². The van der Waals surface area contributed by atoms with Crippen LogP contribution in [0.4, 0.5) is 0 Å². The highest BCUT2D eigenvalue weighted by molar-refractivity contribution is 6.55. The fraction of sp³-hybridized carbons (Fsp3) is 0.308. The lowest BCUT2D eigenvalue weighted by Crippen LogP contribution is -2.24. The second kappa shape index (κ2) is 7.67. The van der Waals surface area contributed by atoms with Gasteiger partial charge in [-0.3, -0.25) is 4.79 Å². The van der Waals surface area contributed by atoms with Crippen LogP contribution in [-0.2, 0) is 4.79 Å². The summed E-state index contributed by atoms with van der Waals surface area (Å²) in [6, 6.07) is 7.33. The summed E-state index contributed by atoms with van der Waals surface area (Å²) in [7, 11) is 0. The van der Waals surface area contributed by atoms with Gasteiger partial charge in [0.05, 0.1) is 0 Å². The fourth-order valence-corrected chi connectivity index (χ4v) is 2.24. The minimum atomic E-state index is -0.227. The van der Waals surface area contributed by atoms with Crippen molar-refractivity contribution in [2.75, 3.05) is 6.54 Å². The van der Waals surface area contributed by atoms with Gasteiger partial charge in [0, 0.05) is 23.9 Å². The van der Waals surface area contributed by atoms with E-state index < -0.39 is 0 Å². The van der Waals surface area contributed by atoms with Crippen LogP contribution in [0.1, 0.15) is 24.8 Å². The van der Waals surface area contributed by atoms with Crippen molar-refractivity contribution in [2.45, 2.75) is 19.3 Å². The number of carbonyl (C=O) groups is 1. The van der Waals surface area contributed by atoms with Crippen molar-refractivity contribution in [3.8, 4) is 0 Å². The number of rotatable bonds is 5. The van der Waals surface area contributed by atoms with Gasteiger partial charge in [-0.2, -0.15) is 0 Å². The van der Waals surface area contributed by atoms with Gasteiger partial charge in [-0.15, -0.1) is 0 Å². The smallest absolute Gasteiger partial charge is 0.220 e. The third-order valence-corrected chi connectivity index (χ3v) is 3.01. The second-order valence-electron chi connectivity index (χ2n) is 3.74. The Morgan fingerprint density at radius 3 is 2.61 bits per heavy atom. The third-order valence-electron chi connectivity index (χ3n) is 2.41. The van der Waals surface area contributed by atoms with Crippen molar-refractivity contribution >= 4 is 40.7 Å². The van der Waals surface area contributed by atoms with E-state index in [1.165, 1.54) is 0 Å². The molecule has 1 N–H and O–H groups in total. The molecule has 18 heavy (non-hydrogen) atoms. The Morgan fingerprint density at radius 2 is 2.06 bits per heavy atom. The molecule has 0 aromatic heterocycles. The minimum Gasteiger partial charge on any atom is -0.356 e. The van der Waals surface area contributed by atoms with Gasteiger partial charge < -0.3 is 5.32 Å². The van der Waals surface area contributed by atoms with Crippen LogP contribution in [-0.4, -0.2) is 12.5 Å². The molecule has 1 amide bonds. The van der Waals surface area contributed by atoms with Crippen LogP contribution in [0.2, 0.25) is 5.02 Å². The van der Waals surface area contributed by atoms with E-state index >= 15 is 0 Å². The number of allylic oxidation sites excluding steroid dienone is 1. The molecule has 0 heterocycles. The molecule has 1 aromatic carbocycles. The molecule has 0 aliphatic carbocycles. The average Bonchev–Trinajstić information content (AvgIpc) is 2.28. The molecule has 0 saturated carbocycles. The summed E-state index contributed by atoms with van der Waals surface area (Å²) in [5.41, 5.74) is 0.837. The Labute approximate surface area is 122 Å². The predicted octanol–water partition coefficient (Wildman–Crippen LogP) is 4.27. The zero-order chi connectivity index (χ0) is 13.5. The number of halogens is 3. The number of benzene rings is 1. The molecule has 98 valence electrons. The molecule has 1 aromatic rings. The molecule has 0 radical (unpaired) electrons. The zero-order valence-electron chi connectivity index (χ0n) is 9.92. The maximum absolute atomic E-state index is 11.6. The van der Waals surface area contributed by atoms with Gasteiger partial charge in [-0.25, -0.2) is 0 Å². The first-order chi connectivity index (χ1) is 8.54. The highest BCUT2D eigenvalue weighted by atomic mass is 35.5. The summed E-state index contributed by atoms with van der Waals surface area (Å²) in [6.45, 7) is 2.46. The van der Waals surface area contributed by atoms with Crippen LogP contribution in [0.5, 0.6) is 0 Å². The summed E-state index contributed by atoms with van der Waals surface area (Å²) in [4.78, 5) is 11.6. The van der Waals surface area contributed by atoms with Crippen molar-refractivity contribution < 1.29 is 4.79 Å². The second-order valence-corrected chi connectivity index (χ2v) is 5.16. The number of amides is 1. The zero-order valence-corrected chi connectivity index (χ0v) is 12.2. The Balaban J connectivity index is 2.96. The molecule has 0 aliphatic rings. The lowest BCUT2D eigenvalue weighted by Gasteiger charge is -2.14. The number of hydrogen-bond donors (Lipinski definition) is 1. The Bertz CT molecular complexity index is 442. The first-order valence-corrected chi connectivity index (χ1v) is 6.72. The van der Waals surface area contributed by atoms with Crippen LogP contribution in [0, 0.1) is 0 Å². The molecule has 0 saturated heterocycles. The van der Waals surface area contributed by atoms with E-state index in [0.29, 0.717) is 11.6 Å². The molecular formula is C13H14Cl3NO. The fourth-order valence-electron chi connectivity index (χ4n) is 1.66. The van der Waals surface area contributed by atoms with E-state index in [0.717, 1.165) is 5.56 Å². The Kier molecular flexibility index (Phi) is 6.55. The topological polar surface area (TPSA) is 29.1 Å². The monoisotopic (exact) mass is 305 g/mol. The van der Waals surface area contributed by atoms with E-state index in [9.17, 15) is 4.79 Å². The van der Waals surface area contributed by atoms with Crippen LogP contribution in [0.15, 0.2) is 34.8 Å². The largest absolute Gasteiger partial charge is 0.356 e. The maximum atomic E-state index is 11.6. The molecule has 0 bridgehead atoms. The molecule has 0 aliphatic heterocycles. The molecule has 0 spiro atoms. The molecule has 0 fully saturated rings. The van der Waals surface area contributed by atoms with Gasteiger partial charge in [0.2, 0.25) is 5.91 Å².